The molecule has 0 fully saturated rings. The summed E-state index contributed by atoms with van der Waals surface area (Å²) in [6.07, 6.45) is 7.04. The fourth-order valence-corrected chi connectivity index (χ4v) is 3.65. The molecule has 0 bridgehead atoms. The molecule has 0 aliphatic carbocycles. The standard InChI is InChI=1S/C14H24N2O6S2.C6H13NO2S.C2Cl2O2/c1-21-13(19)9(5-7-23-3)15-11(17)12(18)16-10(6-8-24-4)14(20)22-2;1-9-6(8)5(7)3-4-10-2;3-1(5)2(4)6/h9-10H,5-8H2,1-4H3,(H,15,17)(H,16,18);5H,3-4,7H2,1-2H3;/t9-,10-;5-;/m00./s1. The van der Waals surface area contributed by atoms with Crippen LogP contribution in [0.1, 0.15) is 19.3 Å². The maximum absolute atomic E-state index is 12.0. The van der Waals surface area contributed by atoms with E-state index in [1.165, 1.54) is 44.9 Å². The van der Waals surface area contributed by atoms with Crippen molar-refractivity contribution >= 4 is 98.7 Å². The highest BCUT2D eigenvalue weighted by atomic mass is 35.5. The summed E-state index contributed by atoms with van der Waals surface area (Å²) in [6, 6.07) is -2.27. The summed E-state index contributed by atoms with van der Waals surface area (Å²) in [7, 11) is 3.76. The topological polar surface area (TPSA) is 197 Å². The van der Waals surface area contributed by atoms with Gasteiger partial charge in [0.15, 0.2) is 0 Å². The van der Waals surface area contributed by atoms with E-state index in [2.05, 4.69) is 48.0 Å². The van der Waals surface area contributed by atoms with Crippen molar-refractivity contribution in [3.05, 3.63) is 0 Å². The summed E-state index contributed by atoms with van der Waals surface area (Å²) >= 11 is 13.6. The molecule has 4 N–H and O–H groups in total. The minimum absolute atomic E-state index is 0.325. The molecule has 0 saturated carbocycles. The molecule has 0 saturated heterocycles. The Morgan fingerprint density at radius 3 is 1.18 bits per heavy atom. The summed E-state index contributed by atoms with van der Waals surface area (Å²) < 4.78 is 13.7. The van der Waals surface area contributed by atoms with Crippen molar-refractivity contribution in [2.45, 2.75) is 37.4 Å². The van der Waals surface area contributed by atoms with Crippen molar-refractivity contribution in [3.8, 4) is 0 Å². The average molecular weight is 671 g/mol. The van der Waals surface area contributed by atoms with Gasteiger partial charge in [-0.25, -0.2) is 9.59 Å². The predicted octanol–water partition coefficient (Wildman–Crippen LogP) is 0.565. The molecule has 3 atom stereocenters. The van der Waals surface area contributed by atoms with Crippen molar-refractivity contribution in [1.29, 1.82) is 0 Å². The predicted molar refractivity (Wildman–Crippen MR) is 159 cm³/mol. The molecular weight excluding hydrogens is 633 g/mol. The summed E-state index contributed by atoms with van der Waals surface area (Å²) in [4.78, 5) is 76.7. The quantitative estimate of drug-likeness (QED) is 0.0946. The van der Waals surface area contributed by atoms with Gasteiger partial charge < -0.3 is 30.6 Å². The maximum Gasteiger partial charge on any atom is 0.328 e. The fourth-order valence-electron chi connectivity index (χ4n) is 2.22. The van der Waals surface area contributed by atoms with E-state index in [1.54, 1.807) is 11.8 Å². The van der Waals surface area contributed by atoms with Crippen LogP contribution in [-0.2, 0) is 47.8 Å². The number of rotatable bonds is 15. The van der Waals surface area contributed by atoms with Gasteiger partial charge in [-0.05, 0) is 78.5 Å². The Bertz CT molecular complexity index is 773. The minimum Gasteiger partial charge on any atom is -0.468 e. The number of esters is 3. The van der Waals surface area contributed by atoms with Crippen molar-refractivity contribution < 1.29 is 47.8 Å². The third-order valence-electron chi connectivity index (χ3n) is 4.30. The molecule has 18 heteroatoms. The molecule has 0 aliphatic rings. The first-order valence-corrected chi connectivity index (χ1v) is 16.2. The number of amides is 2. The molecular formula is C22H37Cl2N3O10S3. The molecule has 0 rings (SSSR count). The summed E-state index contributed by atoms with van der Waals surface area (Å²) in [5.41, 5.74) is 5.43. The van der Waals surface area contributed by atoms with Gasteiger partial charge in [-0.1, -0.05) is 0 Å². The molecule has 13 nitrogen and oxygen atoms in total. The van der Waals surface area contributed by atoms with Crippen molar-refractivity contribution in [3.63, 3.8) is 0 Å². The Balaban J connectivity index is -0.000000697. The molecule has 2 amide bonds. The lowest BCUT2D eigenvalue weighted by Gasteiger charge is -2.18. The zero-order valence-corrected chi connectivity index (χ0v) is 27.1. The van der Waals surface area contributed by atoms with Crippen LogP contribution in [0.25, 0.3) is 0 Å². The van der Waals surface area contributed by atoms with Gasteiger partial charge in [0.2, 0.25) is 0 Å². The number of methoxy groups -OCH3 is 3. The van der Waals surface area contributed by atoms with Crippen molar-refractivity contribution in [2.24, 2.45) is 5.73 Å². The highest BCUT2D eigenvalue weighted by Gasteiger charge is 2.28. The Kier molecular flexibility index (Phi) is 29.3. The normalized spacial score (nSPS) is 11.9. The number of nitrogens with two attached hydrogens (primary N) is 1. The van der Waals surface area contributed by atoms with Gasteiger partial charge in [-0.15, -0.1) is 0 Å². The Labute approximate surface area is 256 Å². The number of carbonyl (C=O) groups excluding carboxylic acids is 7. The van der Waals surface area contributed by atoms with E-state index in [9.17, 15) is 33.6 Å². The molecule has 0 heterocycles. The van der Waals surface area contributed by atoms with E-state index in [-0.39, 0.29) is 5.97 Å². The number of hydrogen-bond donors (Lipinski definition) is 3. The lowest BCUT2D eigenvalue weighted by atomic mass is 10.2. The average Bonchev–Trinajstić information content (AvgIpc) is 2.94. The van der Waals surface area contributed by atoms with Crippen LogP contribution in [0.3, 0.4) is 0 Å². The Morgan fingerprint density at radius 1 is 0.625 bits per heavy atom. The largest absolute Gasteiger partial charge is 0.468 e. The van der Waals surface area contributed by atoms with E-state index in [1.807, 2.05) is 18.8 Å². The van der Waals surface area contributed by atoms with Crippen LogP contribution in [0.15, 0.2) is 0 Å². The zero-order valence-electron chi connectivity index (χ0n) is 23.1. The van der Waals surface area contributed by atoms with Gasteiger partial charge in [0.05, 0.1) is 21.3 Å². The van der Waals surface area contributed by atoms with Crippen LogP contribution >= 0.6 is 58.5 Å². The first-order chi connectivity index (χ1) is 18.8. The van der Waals surface area contributed by atoms with Crippen LogP contribution in [0, 0.1) is 0 Å². The summed E-state index contributed by atoms with van der Waals surface area (Å²) in [5.74, 6) is -1.45. The van der Waals surface area contributed by atoms with E-state index < -0.39 is 52.4 Å². The van der Waals surface area contributed by atoms with Crippen LogP contribution < -0.4 is 16.4 Å². The van der Waals surface area contributed by atoms with E-state index in [0.717, 1.165) is 5.75 Å². The van der Waals surface area contributed by atoms with Gasteiger partial charge in [-0.2, -0.15) is 35.3 Å². The number of halogens is 2. The van der Waals surface area contributed by atoms with Crippen LogP contribution in [-0.4, -0.2) is 116 Å². The highest BCUT2D eigenvalue weighted by Crippen LogP contribution is 2.04. The number of thioether (sulfide) groups is 3. The van der Waals surface area contributed by atoms with Crippen LogP contribution in [0.4, 0.5) is 0 Å². The SMILES string of the molecule is COC(=O)[C@@H](N)CCSC.COC(=O)[C@H](CCSC)NC(=O)C(=O)N[C@@H](CCSC)C(=O)OC.O=C(Cl)C(=O)Cl. The second-order valence-electron chi connectivity index (χ2n) is 7.12. The Morgan fingerprint density at radius 2 is 0.925 bits per heavy atom. The summed E-state index contributed by atoms with van der Waals surface area (Å²) in [6.45, 7) is 0. The molecule has 0 spiro atoms. The minimum atomic E-state index is -1.14. The maximum atomic E-state index is 12.0. The first kappa shape index (κ1) is 42.7. The number of carbonyl (C=O) groups is 7. The van der Waals surface area contributed by atoms with Gasteiger partial charge in [0.1, 0.15) is 18.1 Å². The van der Waals surface area contributed by atoms with Crippen molar-refractivity contribution in [2.75, 3.05) is 57.4 Å². The third-order valence-corrected chi connectivity index (χ3v) is 6.67. The lowest BCUT2D eigenvalue weighted by Crippen LogP contribution is -2.52. The fraction of sp³-hybridized carbons (Fsp3) is 0.682. The lowest BCUT2D eigenvalue weighted by molar-refractivity contribution is -0.149. The molecule has 0 aromatic rings. The molecule has 0 unspecified atom stereocenters. The van der Waals surface area contributed by atoms with Gasteiger partial charge in [0, 0.05) is 0 Å². The van der Waals surface area contributed by atoms with Gasteiger partial charge in [-0.3, -0.25) is 24.0 Å². The molecule has 0 aromatic heterocycles. The van der Waals surface area contributed by atoms with E-state index in [4.69, 9.17) is 5.73 Å². The molecule has 0 radical (unpaired) electrons. The molecule has 0 aliphatic heterocycles. The zero-order chi connectivity index (χ0) is 31.7. The van der Waals surface area contributed by atoms with Crippen LogP contribution in [0.5, 0.6) is 0 Å². The first-order valence-electron chi connectivity index (χ1n) is 11.2. The van der Waals surface area contributed by atoms with Gasteiger partial charge >= 0.3 is 40.2 Å². The number of ether oxygens (including phenoxy) is 3. The highest BCUT2D eigenvalue weighted by molar-refractivity contribution is 7.98. The number of nitrogens with one attached hydrogen (secondary N) is 2. The summed E-state index contributed by atoms with van der Waals surface area (Å²) in [5, 5.41) is 2.37. The second-order valence-corrected chi connectivity index (χ2v) is 10.8. The molecule has 0 aromatic carbocycles. The monoisotopic (exact) mass is 669 g/mol. The number of hydrogen-bond acceptors (Lipinski definition) is 14. The van der Waals surface area contributed by atoms with Crippen molar-refractivity contribution in [1.82, 2.24) is 10.6 Å². The molecule has 232 valence electrons. The molecule has 40 heavy (non-hydrogen) atoms. The van der Waals surface area contributed by atoms with E-state index in [0.29, 0.717) is 30.8 Å². The third kappa shape index (κ3) is 23.0. The Hall–Kier alpha value is -1.72. The van der Waals surface area contributed by atoms with Crippen LogP contribution in [0.2, 0.25) is 0 Å². The second kappa shape index (κ2) is 27.4. The smallest absolute Gasteiger partial charge is 0.328 e. The van der Waals surface area contributed by atoms with E-state index >= 15 is 0 Å². The van der Waals surface area contributed by atoms with Gasteiger partial charge in [0.25, 0.3) is 0 Å².